The zero-order chi connectivity index (χ0) is 13.3. The standard InChI is InChI=1S/C11H13ClF3NOS/c12-10-4-6-7(2-1-3-8(6)18-10)16-5-9(17)11(13,14)15/h4,7,9,16-17H,1-3,5H2. The van der Waals surface area contributed by atoms with Gasteiger partial charge in [-0.1, -0.05) is 11.6 Å². The number of rotatable bonds is 3. The lowest BCUT2D eigenvalue weighted by atomic mass is 9.94. The van der Waals surface area contributed by atoms with E-state index in [1.54, 1.807) is 6.07 Å². The Morgan fingerprint density at radius 3 is 2.94 bits per heavy atom. The molecule has 0 saturated heterocycles. The number of alkyl halides is 3. The van der Waals surface area contributed by atoms with E-state index in [1.807, 2.05) is 0 Å². The van der Waals surface area contributed by atoms with Gasteiger partial charge in [0.1, 0.15) is 0 Å². The number of halogens is 4. The molecule has 2 nitrogen and oxygen atoms in total. The van der Waals surface area contributed by atoms with E-state index in [1.165, 1.54) is 11.3 Å². The average molecular weight is 300 g/mol. The zero-order valence-corrected chi connectivity index (χ0v) is 11.0. The predicted molar refractivity (Wildman–Crippen MR) is 65.1 cm³/mol. The van der Waals surface area contributed by atoms with Crippen LogP contribution < -0.4 is 5.32 Å². The summed E-state index contributed by atoms with van der Waals surface area (Å²) >= 11 is 7.39. The lowest BCUT2D eigenvalue weighted by Crippen LogP contribution is -2.40. The molecular weight excluding hydrogens is 287 g/mol. The molecule has 2 N–H and O–H groups in total. The van der Waals surface area contributed by atoms with Crippen molar-refractivity contribution in [2.75, 3.05) is 6.54 Å². The van der Waals surface area contributed by atoms with E-state index in [-0.39, 0.29) is 6.04 Å². The van der Waals surface area contributed by atoms with Gasteiger partial charge in [0, 0.05) is 17.5 Å². The fourth-order valence-corrected chi connectivity index (χ4v) is 3.49. The number of aliphatic hydroxyl groups excluding tert-OH is 1. The van der Waals surface area contributed by atoms with Crippen molar-refractivity contribution in [3.8, 4) is 0 Å². The lowest BCUT2D eigenvalue weighted by Gasteiger charge is -2.25. The summed E-state index contributed by atoms with van der Waals surface area (Å²) in [6, 6.07) is 1.66. The lowest BCUT2D eigenvalue weighted by molar-refractivity contribution is -0.202. The van der Waals surface area contributed by atoms with E-state index < -0.39 is 18.8 Å². The van der Waals surface area contributed by atoms with Gasteiger partial charge in [-0.15, -0.1) is 11.3 Å². The minimum Gasteiger partial charge on any atom is -0.382 e. The average Bonchev–Trinajstić information content (AvgIpc) is 2.65. The molecule has 1 aliphatic rings. The normalized spacial score (nSPS) is 21.7. The molecule has 0 spiro atoms. The van der Waals surface area contributed by atoms with Crippen LogP contribution in [0.4, 0.5) is 13.2 Å². The van der Waals surface area contributed by atoms with Crippen molar-refractivity contribution >= 4 is 22.9 Å². The summed E-state index contributed by atoms with van der Waals surface area (Å²) in [4.78, 5) is 1.13. The summed E-state index contributed by atoms with van der Waals surface area (Å²) in [5.41, 5.74) is 0.977. The van der Waals surface area contributed by atoms with Crippen LogP contribution in [0.25, 0.3) is 0 Å². The Labute approximate surface area is 112 Å². The number of hydrogen-bond acceptors (Lipinski definition) is 3. The van der Waals surface area contributed by atoms with Gasteiger partial charge in [-0.2, -0.15) is 13.2 Å². The Morgan fingerprint density at radius 2 is 2.28 bits per heavy atom. The van der Waals surface area contributed by atoms with E-state index in [0.717, 1.165) is 29.7 Å². The van der Waals surface area contributed by atoms with Crippen LogP contribution in [0, 0.1) is 0 Å². The highest BCUT2D eigenvalue weighted by atomic mass is 35.5. The van der Waals surface area contributed by atoms with Crippen LogP contribution in [0.2, 0.25) is 4.34 Å². The molecule has 1 aromatic rings. The van der Waals surface area contributed by atoms with Gasteiger partial charge in [-0.25, -0.2) is 0 Å². The van der Waals surface area contributed by atoms with Crippen molar-refractivity contribution in [1.29, 1.82) is 0 Å². The summed E-state index contributed by atoms with van der Waals surface area (Å²) in [7, 11) is 0. The minimum atomic E-state index is -4.57. The highest BCUT2D eigenvalue weighted by Gasteiger charge is 2.38. The van der Waals surface area contributed by atoms with Crippen LogP contribution in [0.3, 0.4) is 0 Å². The van der Waals surface area contributed by atoms with Gasteiger partial charge in [0.25, 0.3) is 0 Å². The fraction of sp³-hybridized carbons (Fsp3) is 0.636. The monoisotopic (exact) mass is 299 g/mol. The number of aryl methyl sites for hydroxylation is 1. The van der Waals surface area contributed by atoms with Gasteiger partial charge in [0.2, 0.25) is 0 Å². The maximum absolute atomic E-state index is 12.2. The van der Waals surface area contributed by atoms with Gasteiger partial charge in [-0.3, -0.25) is 0 Å². The van der Waals surface area contributed by atoms with Crippen LogP contribution in [-0.2, 0) is 6.42 Å². The van der Waals surface area contributed by atoms with Crippen molar-refractivity contribution in [3.05, 3.63) is 20.8 Å². The topological polar surface area (TPSA) is 32.3 Å². The van der Waals surface area contributed by atoms with E-state index in [4.69, 9.17) is 16.7 Å². The zero-order valence-electron chi connectivity index (χ0n) is 9.43. The van der Waals surface area contributed by atoms with Crippen molar-refractivity contribution in [3.63, 3.8) is 0 Å². The Kier molecular flexibility index (Phi) is 4.21. The van der Waals surface area contributed by atoms with E-state index in [0.29, 0.717) is 4.34 Å². The molecule has 2 unspecified atom stereocenters. The SMILES string of the molecule is OC(CNC1CCCc2sc(Cl)cc21)C(F)(F)F. The first-order chi connectivity index (χ1) is 8.38. The maximum Gasteiger partial charge on any atom is 0.415 e. The molecule has 0 saturated carbocycles. The fourth-order valence-electron chi connectivity index (χ4n) is 2.10. The van der Waals surface area contributed by atoms with Crippen molar-refractivity contribution < 1.29 is 18.3 Å². The van der Waals surface area contributed by atoms with Crippen molar-refractivity contribution in [2.45, 2.75) is 37.6 Å². The van der Waals surface area contributed by atoms with Crippen LogP contribution >= 0.6 is 22.9 Å². The van der Waals surface area contributed by atoms with Gasteiger partial charge in [0.15, 0.2) is 6.10 Å². The summed E-state index contributed by atoms with van der Waals surface area (Å²) in [5.74, 6) is 0. The quantitative estimate of drug-likeness (QED) is 0.897. The third-order valence-electron chi connectivity index (χ3n) is 3.02. The van der Waals surface area contributed by atoms with Gasteiger partial charge >= 0.3 is 6.18 Å². The third kappa shape index (κ3) is 3.17. The first kappa shape index (κ1) is 14.1. The number of thiophene rings is 1. The van der Waals surface area contributed by atoms with Crippen LogP contribution in [0.1, 0.15) is 29.3 Å². The minimum absolute atomic E-state index is 0.144. The Morgan fingerprint density at radius 1 is 1.56 bits per heavy atom. The van der Waals surface area contributed by atoms with Gasteiger partial charge < -0.3 is 10.4 Å². The number of fused-ring (bicyclic) bond motifs is 1. The molecule has 0 bridgehead atoms. The maximum atomic E-state index is 12.2. The predicted octanol–water partition coefficient (Wildman–Crippen LogP) is 3.29. The number of hydrogen-bond donors (Lipinski definition) is 2. The van der Waals surface area contributed by atoms with E-state index in [9.17, 15) is 13.2 Å². The summed E-state index contributed by atoms with van der Waals surface area (Å²) in [6.07, 6.45) is -4.28. The summed E-state index contributed by atoms with van der Waals surface area (Å²) in [6.45, 7) is -0.485. The molecule has 0 amide bonds. The molecule has 7 heteroatoms. The first-order valence-electron chi connectivity index (χ1n) is 5.64. The molecule has 0 radical (unpaired) electrons. The molecule has 18 heavy (non-hydrogen) atoms. The van der Waals surface area contributed by atoms with Gasteiger partial charge in [0.05, 0.1) is 4.34 Å². The smallest absolute Gasteiger partial charge is 0.382 e. The third-order valence-corrected chi connectivity index (χ3v) is 4.36. The van der Waals surface area contributed by atoms with Crippen molar-refractivity contribution in [2.24, 2.45) is 0 Å². The van der Waals surface area contributed by atoms with Crippen LogP contribution in [-0.4, -0.2) is 23.9 Å². The van der Waals surface area contributed by atoms with E-state index in [2.05, 4.69) is 5.32 Å². The second kappa shape index (κ2) is 5.36. The molecule has 0 aliphatic heterocycles. The first-order valence-corrected chi connectivity index (χ1v) is 6.83. The second-order valence-electron chi connectivity index (χ2n) is 4.34. The summed E-state index contributed by atoms with van der Waals surface area (Å²) in [5, 5.41) is 11.7. The Bertz CT molecular complexity index is 421. The largest absolute Gasteiger partial charge is 0.415 e. The molecular formula is C11H13ClF3NOS. The molecule has 2 atom stereocenters. The highest BCUT2D eigenvalue weighted by Crippen LogP contribution is 2.37. The van der Waals surface area contributed by atoms with E-state index >= 15 is 0 Å². The molecule has 1 aromatic heterocycles. The molecule has 0 aromatic carbocycles. The summed E-state index contributed by atoms with van der Waals surface area (Å²) < 4.78 is 37.2. The molecule has 1 heterocycles. The number of nitrogens with one attached hydrogen (secondary N) is 1. The molecule has 2 rings (SSSR count). The van der Waals surface area contributed by atoms with Gasteiger partial charge in [-0.05, 0) is 30.9 Å². The Hall–Kier alpha value is -0.300. The van der Waals surface area contributed by atoms with Crippen LogP contribution in [0.5, 0.6) is 0 Å². The van der Waals surface area contributed by atoms with Crippen molar-refractivity contribution in [1.82, 2.24) is 5.32 Å². The second-order valence-corrected chi connectivity index (χ2v) is 6.11. The Balaban J connectivity index is 1.99. The molecule has 0 fully saturated rings. The van der Waals surface area contributed by atoms with Crippen LogP contribution in [0.15, 0.2) is 6.07 Å². The highest BCUT2D eigenvalue weighted by molar-refractivity contribution is 7.16. The molecule has 1 aliphatic carbocycles. The number of aliphatic hydroxyl groups is 1. The molecule has 102 valence electrons.